The lowest BCUT2D eigenvalue weighted by Gasteiger charge is -2.19. The van der Waals surface area contributed by atoms with Crippen molar-refractivity contribution < 1.29 is 0 Å². The maximum Gasteiger partial charge on any atom is 0.0604 e. The second kappa shape index (κ2) is 5.83. The maximum absolute atomic E-state index is 4.36. The molecule has 0 amide bonds. The van der Waals surface area contributed by atoms with E-state index < -0.39 is 0 Å². The Labute approximate surface area is 109 Å². The Kier molecular flexibility index (Phi) is 4.15. The molecule has 0 aliphatic rings. The van der Waals surface area contributed by atoms with Crippen molar-refractivity contribution in [1.29, 1.82) is 0 Å². The minimum absolute atomic E-state index is 0.314. The summed E-state index contributed by atoms with van der Waals surface area (Å²) in [5.41, 5.74) is 3.83. The van der Waals surface area contributed by atoms with Crippen LogP contribution in [-0.2, 0) is 6.54 Å². The summed E-state index contributed by atoms with van der Waals surface area (Å²) in [4.78, 5) is 0. The molecule has 0 aliphatic carbocycles. The quantitative estimate of drug-likeness (QED) is 0.875. The Morgan fingerprint density at radius 1 is 1.28 bits per heavy atom. The van der Waals surface area contributed by atoms with E-state index in [1.165, 1.54) is 16.7 Å². The number of hydrogen-bond donors (Lipinski definition) is 1. The number of hydrogen-bond acceptors (Lipinski definition) is 2. The number of nitrogens with zero attached hydrogens (tertiary/aromatic N) is 2. The van der Waals surface area contributed by atoms with Crippen LogP contribution in [0, 0.1) is 13.8 Å². The van der Waals surface area contributed by atoms with Crippen LogP contribution in [0.1, 0.15) is 29.7 Å². The molecule has 0 bridgehead atoms. The van der Waals surface area contributed by atoms with Gasteiger partial charge in [0.2, 0.25) is 0 Å². The van der Waals surface area contributed by atoms with Gasteiger partial charge in [0.1, 0.15) is 0 Å². The Morgan fingerprint density at radius 3 is 2.72 bits per heavy atom. The van der Waals surface area contributed by atoms with Crippen LogP contribution < -0.4 is 5.32 Å². The smallest absolute Gasteiger partial charge is 0.0604 e. The van der Waals surface area contributed by atoms with Crippen LogP contribution in [-0.4, -0.2) is 16.3 Å². The average molecular weight is 243 g/mol. The summed E-state index contributed by atoms with van der Waals surface area (Å²) in [6.45, 7) is 8.16. The van der Waals surface area contributed by atoms with Crippen LogP contribution in [0.4, 0.5) is 0 Å². The van der Waals surface area contributed by atoms with E-state index in [1.807, 2.05) is 10.9 Å². The molecule has 0 saturated carbocycles. The molecule has 1 aromatic carbocycles. The summed E-state index contributed by atoms with van der Waals surface area (Å²) in [7, 11) is 0. The van der Waals surface area contributed by atoms with Gasteiger partial charge in [-0.05, 0) is 31.5 Å². The van der Waals surface area contributed by atoms with Gasteiger partial charge in [0.15, 0.2) is 0 Å². The average Bonchev–Trinajstić information content (AvgIpc) is 2.74. The van der Waals surface area contributed by atoms with Gasteiger partial charge in [0.25, 0.3) is 0 Å². The molecule has 0 aliphatic heterocycles. The van der Waals surface area contributed by atoms with E-state index in [-0.39, 0.29) is 0 Å². The van der Waals surface area contributed by atoms with Crippen LogP contribution >= 0.6 is 0 Å². The predicted molar refractivity (Wildman–Crippen MR) is 74.6 cm³/mol. The lowest BCUT2D eigenvalue weighted by atomic mass is 10.0. The molecule has 1 aromatic heterocycles. The van der Waals surface area contributed by atoms with Gasteiger partial charge < -0.3 is 5.32 Å². The first-order valence-electron chi connectivity index (χ1n) is 6.48. The third-order valence-electron chi connectivity index (χ3n) is 3.03. The highest BCUT2D eigenvalue weighted by molar-refractivity contribution is 5.25. The van der Waals surface area contributed by atoms with Crippen molar-refractivity contribution in [3.63, 3.8) is 0 Å². The summed E-state index contributed by atoms with van der Waals surface area (Å²) in [6.07, 6.45) is 3.99. The highest BCUT2D eigenvalue weighted by Gasteiger charge is 2.11. The number of benzene rings is 1. The molecule has 0 radical (unpaired) electrons. The molecular weight excluding hydrogens is 222 g/mol. The largest absolute Gasteiger partial charge is 0.309 e. The van der Waals surface area contributed by atoms with Crippen molar-refractivity contribution in [3.05, 3.63) is 53.3 Å². The fourth-order valence-electron chi connectivity index (χ4n) is 2.17. The van der Waals surface area contributed by atoms with Crippen molar-refractivity contribution in [2.45, 2.75) is 33.4 Å². The number of aromatic nitrogens is 2. The van der Waals surface area contributed by atoms with E-state index in [0.29, 0.717) is 6.04 Å². The molecule has 1 atom stereocenters. The lowest BCUT2D eigenvalue weighted by molar-refractivity contribution is 0.448. The van der Waals surface area contributed by atoms with Crippen LogP contribution in [0.2, 0.25) is 0 Å². The van der Waals surface area contributed by atoms with Gasteiger partial charge in [-0.25, -0.2) is 0 Å². The fourth-order valence-corrected chi connectivity index (χ4v) is 2.17. The fraction of sp³-hybridized carbons (Fsp3) is 0.400. The van der Waals surface area contributed by atoms with Crippen molar-refractivity contribution in [3.8, 4) is 0 Å². The predicted octanol–water partition coefficient (Wildman–Crippen LogP) is 2.85. The Morgan fingerprint density at radius 2 is 2.11 bits per heavy atom. The van der Waals surface area contributed by atoms with Gasteiger partial charge in [-0.2, -0.15) is 5.10 Å². The number of aryl methyl sites for hydroxylation is 2. The molecule has 0 saturated heterocycles. The Bertz CT molecular complexity index is 502. The van der Waals surface area contributed by atoms with E-state index in [9.17, 15) is 0 Å². The van der Waals surface area contributed by atoms with E-state index in [0.717, 1.165) is 13.1 Å². The van der Waals surface area contributed by atoms with Gasteiger partial charge in [-0.3, -0.25) is 4.68 Å². The zero-order chi connectivity index (χ0) is 13.0. The molecular formula is C15H21N3. The third kappa shape index (κ3) is 3.20. The normalized spacial score (nSPS) is 12.6. The van der Waals surface area contributed by atoms with Crippen LogP contribution in [0.3, 0.4) is 0 Å². The Balaban J connectivity index is 2.17. The summed E-state index contributed by atoms with van der Waals surface area (Å²) < 4.78 is 2.00. The molecule has 1 N–H and O–H groups in total. The van der Waals surface area contributed by atoms with E-state index >= 15 is 0 Å². The highest BCUT2D eigenvalue weighted by atomic mass is 15.3. The monoisotopic (exact) mass is 243 g/mol. The van der Waals surface area contributed by atoms with Crippen LogP contribution in [0.15, 0.2) is 36.7 Å². The minimum Gasteiger partial charge on any atom is -0.309 e. The van der Waals surface area contributed by atoms with Crippen molar-refractivity contribution >= 4 is 0 Å². The maximum atomic E-state index is 4.36. The van der Waals surface area contributed by atoms with E-state index in [4.69, 9.17) is 0 Å². The molecule has 0 fully saturated rings. The standard InChI is InChI=1S/C15H21N3/c1-4-16-15(11-18-10-13(3)9-17-18)14-7-5-6-12(2)8-14/h5-10,15-16H,4,11H2,1-3H3. The number of likely N-dealkylation sites (N-methyl/N-ethyl adjacent to an activating group) is 1. The van der Waals surface area contributed by atoms with Gasteiger partial charge in [-0.15, -0.1) is 0 Å². The summed E-state index contributed by atoms with van der Waals surface area (Å²) in [6, 6.07) is 8.98. The SMILES string of the molecule is CCNC(Cn1cc(C)cn1)c1cccc(C)c1. The summed E-state index contributed by atoms with van der Waals surface area (Å²) in [5, 5.41) is 7.89. The second-order valence-electron chi connectivity index (χ2n) is 4.76. The first kappa shape index (κ1) is 12.8. The van der Waals surface area contributed by atoms with Gasteiger partial charge in [0, 0.05) is 6.20 Å². The van der Waals surface area contributed by atoms with Crippen molar-refractivity contribution in [1.82, 2.24) is 15.1 Å². The molecule has 0 spiro atoms. The first-order chi connectivity index (χ1) is 8.69. The number of rotatable bonds is 5. The Hall–Kier alpha value is -1.61. The van der Waals surface area contributed by atoms with Gasteiger partial charge >= 0.3 is 0 Å². The van der Waals surface area contributed by atoms with Crippen LogP contribution in [0.5, 0.6) is 0 Å². The zero-order valence-corrected chi connectivity index (χ0v) is 11.4. The van der Waals surface area contributed by atoms with Crippen molar-refractivity contribution in [2.75, 3.05) is 6.54 Å². The van der Waals surface area contributed by atoms with Gasteiger partial charge in [-0.1, -0.05) is 36.8 Å². The summed E-state index contributed by atoms with van der Waals surface area (Å²) in [5.74, 6) is 0. The highest BCUT2D eigenvalue weighted by Crippen LogP contribution is 2.16. The van der Waals surface area contributed by atoms with Crippen molar-refractivity contribution in [2.24, 2.45) is 0 Å². The van der Waals surface area contributed by atoms with E-state index in [2.05, 4.69) is 61.6 Å². The number of nitrogens with one attached hydrogen (secondary N) is 1. The summed E-state index contributed by atoms with van der Waals surface area (Å²) >= 11 is 0. The molecule has 2 aromatic rings. The minimum atomic E-state index is 0.314. The molecule has 3 heteroatoms. The van der Waals surface area contributed by atoms with Gasteiger partial charge in [0.05, 0.1) is 18.8 Å². The molecule has 1 heterocycles. The lowest BCUT2D eigenvalue weighted by Crippen LogP contribution is -2.25. The molecule has 96 valence electrons. The molecule has 1 unspecified atom stereocenters. The van der Waals surface area contributed by atoms with E-state index in [1.54, 1.807) is 0 Å². The third-order valence-corrected chi connectivity index (χ3v) is 3.03. The molecule has 2 rings (SSSR count). The topological polar surface area (TPSA) is 29.9 Å². The second-order valence-corrected chi connectivity index (χ2v) is 4.76. The van der Waals surface area contributed by atoms with Crippen LogP contribution in [0.25, 0.3) is 0 Å². The molecule has 18 heavy (non-hydrogen) atoms. The first-order valence-corrected chi connectivity index (χ1v) is 6.48. The molecule has 3 nitrogen and oxygen atoms in total. The zero-order valence-electron chi connectivity index (χ0n) is 11.4.